The molecule has 13 nitrogen and oxygen atoms in total. The number of likely N-dealkylation sites (N-methyl/N-ethyl adjacent to an activating group) is 1. The van der Waals surface area contributed by atoms with Crippen molar-refractivity contribution in [1.82, 2.24) is 29.7 Å². The van der Waals surface area contributed by atoms with E-state index < -0.39 is 10.0 Å². The summed E-state index contributed by atoms with van der Waals surface area (Å²) >= 11 is 3.54. The van der Waals surface area contributed by atoms with Gasteiger partial charge in [0, 0.05) is 82.7 Å². The first-order chi connectivity index (χ1) is 22.0. The van der Waals surface area contributed by atoms with E-state index in [1.807, 2.05) is 0 Å². The van der Waals surface area contributed by atoms with E-state index in [-0.39, 0.29) is 0 Å². The second-order valence-electron chi connectivity index (χ2n) is 11.7. The highest BCUT2D eigenvalue weighted by Gasteiger charge is 2.32. The number of piperazine rings is 1. The minimum atomic E-state index is -3.61. The zero-order chi connectivity index (χ0) is 32.6. The van der Waals surface area contributed by atoms with Crippen molar-refractivity contribution >= 4 is 71.5 Å². The summed E-state index contributed by atoms with van der Waals surface area (Å²) < 4.78 is 32.8. The van der Waals surface area contributed by atoms with Gasteiger partial charge < -0.3 is 25.2 Å². The first kappa shape index (κ1) is 32.2. The summed E-state index contributed by atoms with van der Waals surface area (Å²) in [5.41, 5.74) is 5.02. The van der Waals surface area contributed by atoms with E-state index in [0.717, 1.165) is 57.6 Å². The maximum atomic E-state index is 12.6. The molecular weight excluding hydrogens is 672 g/mol. The molecule has 0 spiro atoms. The molecule has 0 bridgehead atoms. The Morgan fingerprint density at radius 3 is 2.46 bits per heavy atom. The number of fused-ring (bicyclic) bond motifs is 1. The number of sulfonamides is 1. The van der Waals surface area contributed by atoms with E-state index in [1.165, 1.54) is 28.8 Å². The highest BCUT2D eigenvalue weighted by atomic mass is 79.9. The van der Waals surface area contributed by atoms with Crippen LogP contribution in [0.4, 0.5) is 34.5 Å². The van der Waals surface area contributed by atoms with Gasteiger partial charge in [-0.15, -0.1) is 0 Å². The third-order valence-electron chi connectivity index (χ3n) is 8.67. The monoisotopic (exact) mass is 710 g/mol. The molecule has 2 aromatic carbocycles. The van der Waals surface area contributed by atoms with Crippen LogP contribution in [-0.2, 0) is 16.4 Å². The van der Waals surface area contributed by atoms with Crippen LogP contribution in [0.25, 0.3) is 11.0 Å². The quantitative estimate of drug-likeness (QED) is 0.246. The number of hydrogen-bond donors (Lipinski definition) is 2. The molecule has 46 heavy (non-hydrogen) atoms. The second kappa shape index (κ2) is 13.1. The fourth-order valence-corrected chi connectivity index (χ4v) is 6.86. The van der Waals surface area contributed by atoms with E-state index in [4.69, 9.17) is 9.72 Å². The zero-order valence-corrected chi connectivity index (χ0v) is 29.1. The summed E-state index contributed by atoms with van der Waals surface area (Å²) in [6.45, 7) is 8.53. The number of ether oxygens (including phenoxy) is 1. The first-order valence-corrected chi connectivity index (χ1v) is 17.8. The van der Waals surface area contributed by atoms with Crippen molar-refractivity contribution < 1.29 is 13.2 Å². The standard InChI is InChI=1S/C31H39BrN10O3S/c1-6-20-15-25(27(45-4)16-26(20)42-13-11-41(12-14-42)21-18-39(2)19-21)37-31-35-17-22(32)30(38-31)36-24-8-7-23-28(34-10-9-33-23)29(24)40(3)46(5,43)44/h7-10,15-17,21H,6,11-14,18-19H2,1-5H3,(H2,35,36,37,38). The predicted molar refractivity (Wildman–Crippen MR) is 187 cm³/mol. The van der Waals surface area contributed by atoms with Gasteiger partial charge in [0.15, 0.2) is 0 Å². The van der Waals surface area contributed by atoms with Crippen molar-refractivity contribution in [3.05, 3.63) is 52.9 Å². The summed E-state index contributed by atoms with van der Waals surface area (Å²) in [6.07, 6.45) is 6.74. The Labute approximate surface area is 278 Å². The first-order valence-electron chi connectivity index (χ1n) is 15.2. The molecule has 15 heteroatoms. The molecule has 2 fully saturated rings. The van der Waals surface area contributed by atoms with Crippen molar-refractivity contribution in [2.75, 3.05) is 86.6 Å². The van der Waals surface area contributed by atoms with Crippen LogP contribution in [-0.4, -0.2) is 111 Å². The number of halogens is 1. The molecule has 0 unspecified atom stereocenters. The largest absolute Gasteiger partial charge is 0.494 e. The molecule has 0 aliphatic carbocycles. The molecule has 4 aromatic rings. The van der Waals surface area contributed by atoms with E-state index in [9.17, 15) is 8.42 Å². The number of hydrogen-bond acceptors (Lipinski definition) is 12. The average Bonchev–Trinajstić information content (AvgIpc) is 3.04. The van der Waals surface area contributed by atoms with Crippen LogP contribution in [0.1, 0.15) is 12.5 Å². The third kappa shape index (κ3) is 6.54. The number of methoxy groups -OCH3 is 1. The molecule has 6 rings (SSSR count). The van der Waals surface area contributed by atoms with Crippen LogP contribution in [0.3, 0.4) is 0 Å². The van der Waals surface area contributed by atoms with Gasteiger partial charge in [-0.05, 0) is 53.2 Å². The Morgan fingerprint density at radius 1 is 1.04 bits per heavy atom. The Morgan fingerprint density at radius 2 is 1.78 bits per heavy atom. The molecule has 0 amide bonds. The number of benzene rings is 2. The molecule has 2 aliphatic heterocycles. The van der Waals surface area contributed by atoms with Gasteiger partial charge in [-0.2, -0.15) is 4.98 Å². The van der Waals surface area contributed by atoms with E-state index >= 15 is 0 Å². The Bertz CT molecular complexity index is 1850. The van der Waals surface area contributed by atoms with Gasteiger partial charge >= 0.3 is 0 Å². The normalized spacial score (nSPS) is 16.3. The van der Waals surface area contributed by atoms with Crippen LogP contribution in [0.15, 0.2) is 47.3 Å². The lowest BCUT2D eigenvalue weighted by Crippen LogP contribution is -2.62. The van der Waals surface area contributed by atoms with Crippen molar-refractivity contribution in [2.24, 2.45) is 0 Å². The third-order valence-corrected chi connectivity index (χ3v) is 10.4. The van der Waals surface area contributed by atoms with Gasteiger partial charge in [-0.1, -0.05) is 6.92 Å². The molecular formula is C31H39BrN10O3S. The van der Waals surface area contributed by atoms with Gasteiger partial charge in [-0.25, -0.2) is 13.4 Å². The zero-order valence-electron chi connectivity index (χ0n) is 26.7. The molecule has 2 aliphatic rings. The fourth-order valence-electron chi connectivity index (χ4n) is 6.05. The molecule has 0 atom stereocenters. The van der Waals surface area contributed by atoms with Gasteiger partial charge in [0.05, 0.1) is 34.7 Å². The lowest BCUT2D eigenvalue weighted by atomic mass is 10.0. The van der Waals surface area contributed by atoms with Crippen molar-refractivity contribution in [3.63, 3.8) is 0 Å². The fraction of sp³-hybridized carbons (Fsp3) is 0.419. The Hall–Kier alpha value is -3.79. The van der Waals surface area contributed by atoms with Gasteiger partial charge in [-0.3, -0.25) is 19.2 Å². The van der Waals surface area contributed by atoms with Crippen LogP contribution >= 0.6 is 15.9 Å². The van der Waals surface area contributed by atoms with E-state index in [0.29, 0.717) is 50.4 Å². The summed E-state index contributed by atoms with van der Waals surface area (Å²) in [5.74, 6) is 1.48. The Balaban J connectivity index is 1.26. The van der Waals surface area contributed by atoms with Crippen LogP contribution < -0.4 is 24.6 Å². The van der Waals surface area contributed by atoms with E-state index in [1.54, 1.807) is 31.6 Å². The molecule has 4 heterocycles. The van der Waals surface area contributed by atoms with Gasteiger partial charge in [0.1, 0.15) is 22.8 Å². The minimum absolute atomic E-state index is 0.344. The SMILES string of the molecule is CCc1cc(Nc2ncc(Br)c(Nc3ccc4nccnc4c3N(C)S(C)(=O)=O)n2)c(OC)cc1N1CCN(C2CN(C)C2)CC1. The van der Waals surface area contributed by atoms with Crippen molar-refractivity contribution in [1.29, 1.82) is 0 Å². The topological polar surface area (TPSA) is 132 Å². The van der Waals surface area contributed by atoms with Crippen LogP contribution in [0.2, 0.25) is 0 Å². The van der Waals surface area contributed by atoms with Gasteiger partial charge in [0.25, 0.3) is 0 Å². The Kier molecular flexibility index (Phi) is 9.19. The molecule has 0 radical (unpaired) electrons. The molecule has 244 valence electrons. The average molecular weight is 712 g/mol. The molecule has 2 saturated heterocycles. The summed E-state index contributed by atoms with van der Waals surface area (Å²) in [6, 6.07) is 8.43. The van der Waals surface area contributed by atoms with Gasteiger partial charge in [0.2, 0.25) is 16.0 Å². The number of nitrogens with one attached hydrogen (secondary N) is 2. The minimum Gasteiger partial charge on any atom is -0.494 e. The molecule has 2 aromatic heterocycles. The molecule has 2 N–H and O–H groups in total. The number of nitrogens with zero attached hydrogens (tertiary/aromatic N) is 8. The number of aryl methyl sites for hydroxylation is 1. The van der Waals surface area contributed by atoms with E-state index in [2.05, 4.69) is 82.3 Å². The second-order valence-corrected chi connectivity index (χ2v) is 14.6. The summed E-state index contributed by atoms with van der Waals surface area (Å²) in [7, 11) is 1.72. The smallest absolute Gasteiger partial charge is 0.232 e. The van der Waals surface area contributed by atoms with Crippen LogP contribution in [0.5, 0.6) is 5.75 Å². The highest BCUT2D eigenvalue weighted by molar-refractivity contribution is 9.10. The number of aromatic nitrogens is 4. The lowest BCUT2D eigenvalue weighted by molar-refractivity contribution is 0.0487. The summed E-state index contributed by atoms with van der Waals surface area (Å²) in [4.78, 5) is 25.4. The number of likely N-dealkylation sites (tertiary alicyclic amines) is 1. The molecule has 0 saturated carbocycles. The summed E-state index contributed by atoms with van der Waals surface area (Å²) in [5, 5.41) is 6.63. The number of rotatable bonds is 10. The van der Waals surface area contributed by atoms with Crippen molar-refractivity contribution in [2.45, 2.75) is 19.4 Å². The van der Waals surface area contributed by atoms with Crippen molar-refractivity contribution in [3.8, 4) is 5.75 Å². The lowest BCUT2D eigenvalue weighted by Gasteiger charge is -2.47. The van der Waals surface area contributed by atoms with Crippen LogP contribution in [0, 0.1) is 0 Å². The maximum absolute atomic E-state index is 12.6. The predicted octanol–water partition coefficient (Wildman–Crippen LogP) is 4.07. The highest BCUT2D eigenvalue weighted by Crippen LogP contribution is 2.38. The number of anilines is 6. The maximum Gasteiger partial charge on any atom is 0.232 e.